The molecular weight excluding hydrogens is 313 g/mol. The molecule has 0 N–H and O–H groups in total. The van der Waals surface area contributed by atoms with Crippen molar-refractivity contribution in [2.75, 3.05) is 11.6 Å². The minimum atomic E-state index is -0.221. The standard InChI is InChI=1S/C21H18FN3/c1-15-2-3-16(11-24-15)13-25-14-23-12-19-10-18(6-9-21(19)25)17-4-7-20(22)8-5-17/h2-12H,13-14H2,1H3. The Hall–Kier alpha value is -3.01. The molecule has 0 fully saturated rings. The van der Waals surface area contributed by atoms with Crippen LogP contribution in [0.25, 0.3) is 11.1 Å². The van der Waals surface area contributed by atoms with Crippen molar-refractivity contribution in [2.45, 2.75) is 13.5 Å². The lowest BCUT2D eigenvalue weighted by Gasteiger charge is -2.28. The molecule has 2 heterocycles. The lowest BCUT2D eigenvalue weighted by Crippen LogP contribution is -2.26. The Labute approximate surface area is 146 Å². The van der Waals surface area contributed by atoms with Crippen molar-refractivity contribution in [1.82, 2.24) is 4.98 Å². The molecule has 1 aromatic heterocycles. The van der Waals surface area contributed by atoms with Crippen LogP contribution in [0.15, 0.2) is 65.8 Å². The van der Waals surface area contributed by atoms with Crippen LogP contribution in [0.3, 0.4) is 0 Å². The average molecular weight is 331 g/mol. The summed E-state index contributed by atoms with van der Waals surface area (Å²) in [6, 6.07) is 17.0. The number of benzene rings is 2. The van der Waals surface area contributed by atoms with Crippen LogP contribution in [0.5, 0.6) is 0 Å². The Morgan fingerprint density at radius 3 is 2.56 bits per heavy atom. The first-order valence-corrected chi connectivity index (χ1v) is 8.25. The van der Waals surface area contributed by atoms with Gasteiger partial charge in [0, 0.05) is 35.9 Å². The van der Waals surface area contributed by atoms with Crippen molar-refractivity contribution >= 4 is 11.9 Å². The summed E-state index contributed by atoms with van der Waals surface area (Å²) in [5.41, 5.74) is 6.47. The zero-order valence-corrected chi connectivity index (χ0v) is 14.0. The normalized spacial score (nSPS) is 13.0. The Morgan fingerprint density at radius 2 is 1.80 bits per heavy atom. The topological polar surface area (TPSA) is 28.5 Å². The summed E-state index contributed by atoms with van der Waals surface area (Å²) in [5, 5.41) is 0. The van der Waals surface area contributed by atoms with Crippen LogP contribution in [-0.2, 0) is 6.54 Å². The van der Waals surface area contributed by atoms with Crippen LogP contribution < -0.4 is 4.90 Å². The van der Waals surface area contributed by atoms with Crippen LogP contribution in [0.4, 0.5) is 10.1 Å². The van der Waals surface area contributed by atoms with Gasteiger partial charge in [-0.05, 0) is 53.9 Å². The van der Waals surface area contributed by atoms with Gasteiger partial charge in [-0.2, -0.15) is 0 Å². The number of nitrogens with zero attached hydrogens (tertiary/aromatic N) is 3. The molecule has 3 aromatic rings. The van der Waals surface area contributed by atoms with E-state index in [2.05, 4.69) is 39.1 Å². The molecule has 1 aliphatic rings. The molecule has 25 heavy (non-hydrogen) atoms. The number of anilines is 1. The van der Waals surface area contributed by atoms with E-state index in [-0.39, 0.29) is 5.82 Å². The van der Waals surface area contributed by atoms with Crippen molar-refractivity contribution in [3.8, 4) is 11.1 Å². The first-order chi connectivity index (χ1) is 12.2. The molecule has 0 radical (unpaired) electrons. The second-order valence-electron chi connectivity index (χ2n) is 6.24. The number of pyridine rings is 1. The predicted molar refractivity (Wildman–Crippen MR) is 99.5 cm³/mol. The fraction of sp³-hybridized carbons (Fsp3) is 0.143. The predicted octanol–water partition coefficient (Wildman–Crippen LogP) is 4.59. The molecule has 3 nitrogen and oxygen atoms in total. The van der Waals surface area contributed by atoms with Crippen LogP contribution in [0, 0.1) is 12.7 Å². The van der Waals surface area contributed by atoms with Gasteiger partial charge in [-0.1, -0.05) is 24.3 Å². The summed E-state index contributed by atoms with van der Waals surface area (Å²) < 4.78 is 13.1. The summed E-state index contributed by atoms with van der Waals surface area (Å²) in [4.78, 5) is 11.1. The molecule has 0 atom stereocenters. The molecule has 0 unspecified atom stereocenters. The fourth-order valence-corrected chi connectivity index (χ4v) is 3.03. The van der Waals surface area contributed by atoms with Crippen LogP contribution in [-0.4, -0.2) is 17.9 Å². The van der Waals surface area contributed by atoms with E-state index in [0.717, 1.165) is 40.2 Å². The quantitative estimate of drug-likeness (QED) is 0.702. The first kappa shape index (κ1) is 15.5. The summed E-state index contributed by atoms with van der Waals surface area (Å²) in [6.07, 6.45) is 3.83. The van der Waals surface area contributed by atoms with Gasteiger partial charge in [0.2, 0.25) is 0 Å². The molecule has 0 aliphatic carbocycles. The van der Waals surface area contributed by atoms with Gasteiger partial charge in [0.15, 0.2) is 0 Å². The molecule has 4 rings (SSSR count). The summed E-state index contributed by atoms with van der Waals surface area (Å²) in [7, 11) is 0. The highest BCUT2D eigenvalue weighted by Crippen LogP contribution is 2.29. The number of aliphatic imine (C=N–C) groups is 1. The number of rotatable bonds is 3. The van der Waals surface area contributed by atoms with Crippen LogP contribution in [0.2, 0.25) is 0 Å². The number of aromatic nitrogens is 1. The molecule has 0 saturated carbocycles. The third-order valence-corrected chi connectivity index (χ3v) is 4.37. The van der Waals surface area contributed by atoms with E-state index >= 15 is 0 Å². The second kappa shape index (κ2) is 6.48. The Morgan fingerprint density at radius 1 is 1.00 bits per heavy atom. The van der Waals surface area contributed by atoms with E-state index in [4.69, 9.17) is 0 Å². The van der Waals surface area contributed by atoms with Crippen molar-refractivity contribution < 1.29 is 4.39 Å². The highest BCUT2D eigenvalue weighted by Gasteiger charge is 2.15. The smallest absolute Gasteiger partial charge is 0.123 e. The maximum Gasteiger partial charge on any atom is 0.123 e. The number of fused-ring (bicyclic) bond motifs is 1. The Balaban J connectivity index is 1.63. The molecule has 0 spiro atoms. The molecule has 4 heteroatoms. The van der Waals surface area contributed by atoms with Crippen molar-refractivity contribution in [3.63, 3.8) is 0 Å². The summed E-state index contributed by atoms with van der Waals surface area (Å²) in [6.45, 7) is 3.39. The number of aryl methyl sites for hydroxylation is 1. The van der Waals surface area contributed by atoms with Crippen molar-refractivity contribution in [1.29, 1.82) is 0 Å². The Bertz CT molecular complexity index is 915. The molecule has 2 aromatic carbocycles. The van der Waals surface area contributed by atoms with Gasteiger partial charge in [-0.25, -0.2) is 4.39 Å². The van der Waals surface area contributed by atoms with Crippen LogP contribution in [0.1, 0.15) is 16.8 Å². The first-order valence-electron chi connectivity index (χ1n) is 8.25. The van der Waals surface area contributed by atoms with Gasteiger partial charge < -0.3 is 4.90 Å². The van der Waals surface area contributed by atoms with E-state index in [1.54, 1.807) is 12.1 Å². The SMILES string of the molecule is Cc1ccc(CN2CN=Cc3cc(-c4ccc(F)cc4)ccc32)cn1. The van der Waals surface area contributed by atoms with Crippen molar-refractivity contribution in [2.24, 2.45) is 4.99 Å². The maximum atomic E-state index is 13.1. The molecule has 0 saturated heterocycles. The lowest BCUT2D eigenvalue weighted by atomic mass is 10.0. The van der Waals surface area contributed by atoms with Crippen LogP contribution >= 0.6 is 0 Å². The van der Waals surface area contributed by atoms with Gasteiger partial charge in [0.1, 0.15) is 12.5 Å². The molecule has 0 bridgehead atoms. The Kier molecular flexibility index (Phi) is 4.02. The number of halogens is 1. The van der Waals surface area contributed by atoms with E-state index in [1.807, 2.05) is 25.4 Å². The zero-order valence-electron chi connectivity index (χ0n) is 14.0. The minimum Gasteiger partial charge on any atom is -0.347 e. The molecule has 1 aliphatic heterocycles. The van der Waals surface area contributed by atoms with Gasteiger partial charge in [0.05, 0.1) is 0 Å². The number of hydrogen-bond donors (Lipinski definition) is 0. The highest BCUT2D eigenvalue weighted by atomic mass is 19.1. The van der Waals surface area contributed by atoms with Gasteiger partial charge in [0.25, 0.3) is 0 Å². The van der Waals surface area contributed by atoms with Gasteiger partial charge >= 0.3 is 0 Å². The fourth-order valence-electron chi connectivity index (χ4n) is 3.03. The van der Waals surface area contributed by atoms with E-state index < -0.39 is 0 Å². The summed E-state index contributed by atoms with van der Waals surface area (Å²) in [5.74, 6) is -0.221. The second-order valence-corrected chi connectivity index (χ2v) is 6.24. The lowest BCUT2D eigenvalue weighted by molar-refractivity contribution is 0.628. The molecule has 0 amide bonds. The zero-order chi connectivity index (χ0) is 17.2. The monoisotopic (exact) mass is 331 g/mol. The van der Waals surface area contributed by atoms with E-state index in [9.17, 15) is 4.39 Å². The molecule has 124 valence electrons. The van der Waals surface area contributed by atoms with Gasteiger partial charge in [-0.3, -0.25) is 9.98 Å². The highest BCUT2D eigenvalue weighted by molar-refractivity contribution is 5.92. The van der Waals surface area contributed by atoms with Gasteiger partial charge in [-0.15, -0.1) is 0 Å². The largest absolute Gasteiger partial charge is 0.347 e. The molecular formula is C21H18FN3. The van der Waals surface area contributed by atoms with E-state index in [1.165, 1.54) is 12.1 Å². The number of hydrogen-bond acceptors (Lipinski definition) is 3. The average Bonchev–Trinajstić information content (AvgIpc) is 2.64. The summed E-state index contributed by atoms with van der Waals surface area (Å²) >= 11 is 0. The maximum absolute atomic E-state index is 13.1. The third kappa shape index (κ3) is 3.29. The van der Waals surface area contributed by atoms with Crippen molar-refractivity contribution in [3.05, 3.63) is 83.4 Å². The third-order valence-electron chi connectivity index (χ3n) is 4.37. The van der Waals surface area contributed by atoms with E-state index in [0.29, 0.717) is 6.67 Å². The minimum absolute atomic E-state index is 0.221.